The quantitative estimate of drug-likeness (QED) is 0.605. The second kappa shape index (κ2) is 2.93. The van der Waals surface area contributed by atoms with Gasteiger partial charge in [0.25, 0.3) is 0 Å². The SMILES string of the molecule is ClC1(Cl)CC(Cl)(Cl)c2ccccc21. The molecule has 0 nitrogen and oxygen atoms in total. The van der Waals surface area contributed by atoms with Crippen molar-refractivity contribution in [2.75, 3.05) is 0 Å². The molecule has 0 N–H and O–H groups in total. The smallest absolute Gasteiger partial charge is 0.0962 e. The van der Waals surface area contributed by atoms with Crippen LogP contribution in [-0.2, 0) is 8.67 Å². The molecule has 1 aromatic rings. The zero-order valence-electron chi connectivity index (χ0n) is 6.53. The minimum absolute atomic E-state index is 0.325. The number of fused-ring (bicyclic) bond motifs is 1. The van der Waals surface area contributed by atoms with Gasteiger partial charge in [0.2, 0.25) is 0 Å². The van der Waals surface area contributed by atoms with Crippen LogP contribution in [0.25, 0.3) is 0 Å². The lowest BCUT2D eigenvalue weighted by atomic mass is 10.1. The van der Waals surface area contributed by atoms with Crippen molar-refractivity contribution < 1.29 is 0 Å². The number of benzene rings is 1. The fourth-order valence-electron chi connectivity index (χ4n) is 1.59. The fraction of sp³-hybridized carbons (Fsp3) is 0.333. The third-order valence-electron chi connectivity index (χ3n) is 2.16. The van der Waals surface area contributed by atoms with Crippen LogP contribution in [0, 0.1) is 0 Å². The van der Waals surface area contributed by atoms with Gasteiger partial charge in [0.15, 0.2) is 0 Å². The molecule has 0 unspecified atom stereocenters. The predicted molar refractivity (Wildman–Crippen MR) is 57.8 cm³/mol. The first-order valence-electron chi connectivity index (χ1n) is 3.79. The Morgan fingerprint density at radius 2 is 1.23 bits per heavy atom. The first-order valence-corrected chi connectivity index (χ1v) is 5.30. The summed E-state index contributed by atoms with van der Waals surface area (Å²) >= 11 is 24.3. The lowest BCUT2D eigenvalue weighted by Crippen LogP contribution is -2.08. The van der Waals surface area contributed by atoms with Crippen LogP contribution >= 0.6 is 46.4 Å². The Hall–Kier alpha value is 0.380. The van der Waals surface area contributed by atoms with E-state index in [4.69, 9.17) is 46.4 Å². The van der Waals surface area contributed by atoms with E-state index in [2.05, 4.69) is 0 Å². The third-order valence-corrected chi connectivity index (χ3v) is 3.51. The van der Waals surface area contributed by atoms with Crippen molar-refractivity contribution in [2.24, 2.45) is 0 Å². The molecular formula is C9H6Cl4. The summed E-state index contributed by atoms with van der Waals surface area (Å²) in [6, 6.07) is 7.44. The van der Waals surface area contributed by atoms with E-state index in [1.165, 1.54) is 0 Å². The lowest BCUT2D eigenvalue weighted by molar-refractivity contribution is 0.746. The Morgan fingerprint density at radius 3 is 1.62 bits per heavy atom. The summed E-state index contributed by atoms with van der Waals surface area (Å²) in [5.74, 6) is 0. The van der Waals surface area contributed by atoms with Gasteiger partial charge in [-0.1, -0.05) is 70.7 Å². The molecule has 0 aliphatic heterocycles. The Kier molecular flexibility index (Phi) is 2.24. The second-order valence-electron chi connectivity index (χ2n) is 3.13. The number of hydrogen-bond acceptors (Lipinski definition) is 0. The van der Waals surface area contributed by atoms with E-state index in [-0.39, 0.29) is 0 Å². The number of alkyl halides is 4. The van der Waals surface area contributed by atoms with Crippen molar-refractivity contribution in [3.8, 4) is 0 Å². The van der Waals surface area contributed by atoms with E-state index in [1.807, 2.05) is 24.3 Å². The van der Waals surface area contributed by atoms with Gasteiger partial charge in [-0.15, -0.1) is 0 Å². The molecule has 1 aliphatic carbocycles. The molecule has 0 bridgehead atoms. The highest BCUT2D eigenvalue weighted by Gasteiger charge is 2.48. The monoisotopic (exact) mass is 254 g/mol. The normalized spacial score (nSPS) is 22.8. The van der Waals surface area contributed by atoms with Gasteiger partial charge in [0.05, 0.1) is 0 Å². The van der Waals surface area contributed by atoms with Crippen molar-refractivity contribution in [1.29, 1.82) is 0 Å². The summed E-state index contributed by atoms with van der Waals surface area (Å²) in [7, 11) is 0. The van der Waals surface area contributed by atoms with Crippen molar-refractivity contribution in [2.45, 2.75) is 15.1 Å². The van der Waals surface area contributed by atoms with Crippen LogP contribution in [0.5, 0.6) is 0 Å². The van der Waals surface area contributed by atoms with Gasteiger partial charge in [-0.2, -0.15) is 0 Å². The molecule has 1 aromatic carbocycles. The highest BCUT2D eigenvalue weighted by molar-refractivity contribution is 6.54. The second-order valence-corrected chi connectivity index (χ2v) is 6.10. The molecule has 0 radical (unpaired) electrons. The minimum atomic E-state index is -0.958. The van der Waals surface area contributed by atoms with Gasteiger partial charge in [-0.25, -0.2) is 0 Å². The van der Waals surface area contributed by atoms with Gasteiger partial charge < -0.3 is 0 Å². The van der Waals surface area contributed by atoms with Crippen LogP contribution < -0.4 is 0 Å². The Labute approximate surface area is 96.7 Å². The van der Waals surface area contributed by atoms with Gasteiger partial charge in [0, 0.05) is 6.42 Å². The molecule has 0 saturated heterocycles. The molecular weight excluding hydrogens is 250 g/mol. The van der Waals surface area contributed by atoms with Gasteiger partial charge in [-0.05, 0) is 11.1 Å². The lowest BCUT2D eigenvalue weighted by Gasteiger charge is -2.14. The van der Waals surface area contributed by atoms with Gasteiger partial charge >= 0.3 is 0 Å². The number of halogens is 4. The molecule has 13 heavy (non-hydrogen) atoms. The van der Waals surface area contributed by atoms with E-state index in [0.717, 1.165) is 11.1 Å². The maximum atomic E-state index is 6.08. The molecule has 1 aliphatic rings. The molecule has 0 saturated carbocycles. The molecule has 0 aromatic heterocycles. The van der Waals surface area contributed by atoms with E-state index < -0.39 is 8.67 Å². The van der Waals surface area contributed by atoms with Crippen molar-refractivity contribution >= 4 is 46.4 Å². The first kappa shape index (κ1) is 9.92. The molecule has 0 amide bonds. The summed E-state index contributed by atoms with van der Waals surface area (Å²) in [6.45, 7) is 0. The van der Waals surface area contributed by atoms with Crippen molar-refractivity contribution in [3.05, 3.63) is 35.4 Å². The summed E-state index contributed by atoms with van der Waals surface area (Å²) in [4.78, 5) is 0. The minimum Gasteiger partial charge on any atom is -0.0962 e. The van der Waals surface area contributed by atoms with Gasteiger partial charge in [-0.3, -0.25) is 0 Å². The summed E-state index contributed by atoms with van der Waals surface area (Å²) in [6.07, 6.45) is 0.325. The maximum absolute atomic E-state index is 6.08. The highest BCUT2D eigenvalue weighted by atomic mass is 35.5. The summed E-state index contributed by atoms with van der Waals surface area (Å²) < 4.78 is -1.92. The predicted octanol–water partition coefficient (Wildman–Crippen LogP) is 4.35. The topological polar surface area (TPSA) is 0 Å². The number of hydrogen-bond donors (Lipinski definition) is 0. The molecule has 0 fully saturated rings. The van der Waals surface area contributed by atoms with E-state index in [9.17, 15) is 0 Å². The zero-order chi connectivity index (χ0) is 9.69. The maximum Gasteiger partial charge on any atom is 0.146 e. The molecule has 0 atom stereocenters. The molecule has 0 spiro atoms. The van der Waals surface area contributed by atoms with Gasteiger partial charge in [0.1, 0.15) is 8.67 Å². The van der Waals surface area contributed by atoms with Crippen LogP contribution in [0.1, 0.15) is 17.5 Å². The van der Waals surface area contributed by atoms with E-state index in [1.54, 1.807) is 0 Å². The van der Waals surface area contributed by atoms with Crippen LogP contribution in [0.3, 0.4) is 0 Å². The van der Waals surface area contributed by atoms with Crippen molar-refractivity contribution in [3.63, 3.8) is 0 Å². The summed E-state index contributed by atoms with van der Waals surface area (Å²) in [5, 5.41) is 0. The average molecular weight is 256 g/mol. The summed E-state index contributed by atoms with van der Waals surface area (Å²) in [5.41, 5.74) is 1.62. The Morgan fingerprint density at radius 1 is 0.846 bits per heavy atom. The molecule has 2 rings (SSSR count). The number of rotatable bonds is 0. The zero-order valence-corrected chi connectivity index (χ0v) is 9.55. The van der Waals surface area contributed by atoms with Crippen LogP contribution in [0.15, 0.2) is 24.3 Å². The van der Waals surface area contributed by atoms with Crippen LogP contribution in [-0.4, -0.2) is 0 Å². The van der Waals surface area contributed by atoms with Crippen molar-refractivity contribution in [1.82, 2.24) is 0 Å². The van der Waals surface area contributed by atoms with Crippen LogP contribution in [0.4, 0.5) is 0 Å². The third kappa shape index (κ3) is 1.55. The Bertz CT molecular complexity index is 310. The van der Waals surface area contributed by atoms with E-state index >= 15 is 0 Å². The Balaban J connectivity index is 2.64. The standard InChI is InChI=1S/C9H6Cl4/c10-8(11)5-9(12,13)7-4-2-1-3-6(7)8/h1-4H,5H2. The molecule has 0 heterocycles. The molecule has 70 valence electrons. The molecule has 4 heteroatoms. The van der Waals surface area contributed by atoms with E-state index in [0.29, 0.717) is 6.42 Å². The van der Waals surface area contributed by atoms with Crippen LogP contribution in [0.2, 0.25) is 0 Å². The average Bonchev–Trinajstić information content (AvgIpc) is 2.20. The largest absolute Gasteiger partial charge is 0.146 e. The highest BCUT2D eigenvalue weighted by Crippen LogP contribution is 2.58. The first-order chi connectivity index (χ1) is 5.93. The fourth-order valence-corrected chi connectivity index (χ4v) is 3.32.